The molecule has 3 nitrogen and oxygen atoms in total. The highest BCUT2D eigenvalue weighted by atomic mass is 16.3. The SMILES string of the molecule is O=C(CC1CC1)N1CC(O)C1. The van der Waals surface area contributed by atoms with Crippen LogP contribution in [0.5, 0.6) is 0 Å². The van der Waals surface area contributed by atoms with Crippen molar-refractivity contribution in [3.05, 3.63) is 0 Å². The van der Waals surface area contributed by atoms with E-state index >= 15 is 0 Å². The molecule has 1 aliphatic heterocycles. The molecule has 2 aliphatic rings. The number of nitrogens with zero attached hydrogens (tertiary/aromatic N) is 1. The number of carbonyl (C=O) groups excluding carboxylic acids is 1. The van der Waals surface area contributed by atoms with Gasteiger partial charge in [0, 0.05) is 19.5 Å². The number of carbonyl (C=O) groups is 1. The average molecular weight is 155 g/mol. The van der Waals surface area contributed by atoms with Crippen molar-refractivity contribution in [2.24, 2.45) is 5.92 Å². The van der Waals surface area contributed by atoms with Gasteiger partial charge in [-0.3, -0.25) is 4.79 Å². The van der Waals surface area contributed by atoms with Crippen LogP contribution in [0.2, 0.25) is 0 Å². The molecule has 1 N–H and O–H groups in total. The zero-order valence-corrected chi connectivity index (χ0v) is 6.49. The normalized spacial score (nSPS) is 25.0. The summed E-state index contributed by atoms with van der Waals surface area (Å²) in [4.78, 5) is 13.0. The minimum absolute atomic E-state index is 0.234. The van der Waals surface area contributed by atoms with E-state index in [1.807, 2.05) is 0 Å². The van der Waals surface area contributed by atoms with E-state index in [0.717, 1.165) is 0 Å². The van der Waals surface area contributed by atoms with E-state index in [9.17, 15) is 4.79 Å². The van der Waals surface area contributed by atoms with Gasteiger partial charge in [-0.05, 0) is 18.8 Å². The first-order valence-electron chi connectivity index (χ1n) is 4.21. The average Bonchev–Trinajstić information content (AvgIpc) is 2.64. The molecule has 1 aliphatic carbocycles. The van der Waals surface area contributed by atoms with Crippen molar-refractivity contribution in [2.45, 2.75) is 25.4 Å². The zero-order chi connectivity index (χ0) is 7.84. The second kappa shape index (κ2) is 2.48. The molecule has 3 heteroatoms. The Morgan fingerprint density at radius 1 is 1.45 bits per heavy atom. The van der Waals surface area contributed by atoms with Gasteiger partial charge in [0.1, 0.15) is 0 Å². The minimum Gasteiger partial charge on any atom is -0.389 e. The summed E-state index contributed by atoms with van der Waals surface area (Å²) in [6, 6.07) is 0. The lowest BCUT2D eigenvalue weighted by molar-refractivity contribution is -0.141. The van der Waals surface area contributed by atoms with Gasteiger partial charge >= 0.3 is 0 Å². The Hall–Kier alpha value is -0.570. The number of aliphatic hydroxyl groups is 1. The highest BCUT2D eigenvalue weighted by Crippen LogP contribution is 2.33. The standard InChI is InChI=1S/C8H13NO2/c10-7-4-9(5-7)8(11)3-6-1-2-6/h6-7,10H,1-5H2. The van der Waals surface area contributed by atoms with E-state index in [1.165, 1.54) is 12.8 Å². The molecule has 0 radical (unpaired) electrons. The first-order valence-corrected chi connectivity index (χ1v) is 4.21. The van der Waals surface area contributed by atoms with E-state index in [4.69, 9.17) is 5.11 Å². The fourth-order valence-electron chi connectivity index (χ4n) is 1.36. The molecular formula is C8H13NO2. The lowest BCUT2D eigenvalue weighted by Crippen LogP contribution is -2.53. The lowest BCUT2D eigenvalue weighted by atomic mass is 10.1. The van der Waals surface area contributed by atoms with Crippen molar-refractivity contribution < 1.29 is 9.90 Å². The summed E-state index contributed by atoms with van der Waals surface area (Å²) in [5.74, 6) is 0.901. The van der Waals surface area contributed by atoms with Gasteiger partial charge in [-0.1, -0.05) is 0 Å². The molecule has 2 rings (SSSR count). The maximum Gasteiger partial charge on any atom is 0.223 e. The molecule has 0 atom stereocenters. The van der Waals surface area contributed by atoms with Crippen LogP contribution in [0.3, 0.4) is 0 Å². The minimum atomic E-state index is -0.252. The largest absolute Gasteiger partial charge is 0.389 e. The monoisotopic (exact) mass is 155 g/mol. The fraction of sp³-hybridized carbons (Fsp3) is 0.875. The highest BCUT2D eigenvalue weighted by Gasteiger charge is 2.32. The van der Waals surface area contributed by atoms with Gasteiger partial charge < -0.3 is 10.0 Å². The van der Waals surface area contributed by atoms with Gasteiger partial charge in [-0.2, -0.15) is 0 Å². The summed E-state index contributed by atoms with van der Waals surface area (Å²) in [5, 5.41) is 8.92. The molecule has 62 valence electrons. The van der Waals surface area contributed by atoms with E-state index < -0.39 is 0 Å². The molecule has 1 heterocycles. The predicted octanol–water partition coefficient (Wildman–Crippen LogP) is -0.0104. The first-order chi connectivity index (χ1) is 5.25. The molecule has 2 fully saturated rings. The van der Waals surface area contributed by atoms with Crippen LogP contribution in [0.1, 0.15) is 19.3 Å². The Kier molecular flexibility index (Phi) is 1.60. The Morgan fingerprint density at radius 2 is 2.09 bits per heavy atom. The molecule has 0 unspecified atom stereocenters. The van der Waals surface area contributed by atoms with Crippen molar-refractivity contribution in [1.82, 2.24) is 4.90 Å². The van der Waals surface area contributed by atoms with Crippen LogP contribution in [0.25, 0.3) is 0 Å². The van der Waals surface area contributed by atoms with Gasteiger partial charge in [0.15, 0.2) is 0 Å². The van der Waals surface area contributed by atoms with Gasteiger partial charge in [-0.15, -0.1) is 0 Å². The lowest BCUT2D eigenvalue weighted by Gasteiger charge is -2.35. The molecular weight excluding hydrogens is 142 g/mol. The van der Waals surface area contributed by atoms with Crippen LogP contribution < -0.4 is 0 Å². The van der Waals surface area contributed by atoms with Crippen LogP contribution in [0.15, 0.2) is 0 Å². The fourth-order valence-corrected chi connectivity index (χ4v) is 1.36. The summed E-state index contributed by atoms with van der Waals surface area (Å²) in [5.41, 5.74) is 0. The van der Waals surface area contributed by atoms with Crippen molar-refractivity contribution in [3.63, 3.8) is 0 Å². The predicted molar refractivity (Wildman–Crippen MR) is 39.9 cm³/mol. The number of hydrogen-bond donors (Lipinski definition) is 1. The zero-order valence-electron chi connectivity index (χ0n) is 6.49. The van der Waals surface area contributed by atoms with Crippen LogP contribution in [0, 0.1) is 5.92 Å². The van der Waals surface area contributed by atoms with Crippen molar-refractivity contribution in [2.75, 3.05) is 13.1 Å². The van der Waals surface area contributed by atoms with Crippen molar-refractivity contribution >= 4 is 5.91 Å². The van der Waals surface area contributed by atoms with Gasteiger partial charge in [0.2, 0.25) is 5.91 Å². The maximum absolute atomic E-state index is 11.2. The highest BCUT2D eigenvalue weighted by molar-refractivity contribution is 5.77. The third-order valence-electron chi connectivity index (χ3n) is 2.38. The molecule has 0 aromatic rings. The number of amides is 1. The van der Waals surface area contributed by atoms with Gasteiger partial charge in [0.05, 0.1) is 6.10 Å². The van der Waals surface area contributed by atoms with Gasteiger partial charge in [0.25, 0.3) is 0 Å². The summed E-state index contributed by atoms with van der Waals surface area (Å²) >= 11 is 0. The third-order valence-corrected chi connectivity index (χ3v) is 2.38. The summed E-state index contributed by atoms with van der Waals surface area (Å²) in [7, 11) is 0. The molecule has 1 saturated heterocycles. The molecule has 1 saturated carbocycles. The number of aliphatic hydroxyl groups excluding tert-OH is 1. The summed E-state index contributed by atoms with van der Waals surface area (Å²) in [6.07, 6.45) is 2.91. The Balaban J connectivity index is 1.72. The van der Waals surface area contributed by atoms with E-state index in [-0.39, 0.29) is 12.0 Å². The van der Waals surface area contributed by atoms with Crippen molar-refractivity contribution in [1.29, 1.82) is 0 Å². The van der Waals surface area contributed by atoms with Crippen LogP contribution >= 0.6 is 0 Å². The number of rotatable bonds is 2. The Bertz CT molecular complexity index is 171. The maximum atomic E-state index is 11.2. The topological polar surface area (TPSA) is 40.5 Å². The second-order valence-corrected chi connectivity index (χ2v) is 3.60. The molecule has 0 spiro atoms. The molecule has 0 bridgehead atoms. The second-order valence-electron chi connectivity index (χ2n) is 3.60. The molecule has 0 aromatic carbocycles. The Labute approximate surface area is 66.0 Å². The summed E-state index contributed by atoms with van der Waals surface area (Å²) < 4.78 is 0. The number of β-amino-alcohol motifs (C(OH)–C–C–N with tert-alkyl or cyclic N) is 1. The van der Waals surface area contributed by atoms with Crippen LogP contribution in [-0.2, 0) is 4.79 Å². The summed E-state index contributed by atoms with van der Waals surface area (Å²) in [6.45, 7) is 1.12. The quantitative estimate of drug-likeness (QED) is 0.609. The van der Waals surface area contributed by atoms with Gasteiger partial charge in [-0.25, -0.2) is 0 Å². The first kappa shape index (κ1) is 7.10. The van der Waals surface area contributed by atoms with E-state index in [0.29, 0.717) is 25.4 Å². The molecule has 11 heavy (non-hydrogen) atoms. The van der Waals surface area contributed by atoms with E-state index in [1.54, 1.807) is 4.90 Å². The van der Waals surface area contributed by atoms with Crippen molar-refractivity contribution in [3.8, 4) is 0 Å². The number of likely N-dealkylation sites (tertiary alicyclic amines) is 1. The third kappa shape index (κ3) is 1.53. The number of hydrogen-bond acceptors (Lipinski definition) is 2. The molecule has 1 amide bonds. The van der Waals surface area contributed by atoms with Crippen LogP contribution in [0.4, 0.5) is 0 Å². The van der Waals surface area contributed by atoms with Crippen LogP contribution in [-0.4, -0.2) is 35.1 Å². The Morgan fingerprint density at radius 3 is 2.55 bits per heavy atom. The van der Waals surface area contributed by atoms with E-state index in [2.05, 4.69) is 0 Å². The molecule has 0 aromatic heterocycles. The smallest absolute Gasteiger partial charge is 0.223 e.